The fourth-order valence-corrected chi connectivity index (χ4v) is 3.51. The van der Waals surface area contributed by atoms with Crippen molar-refractivity contribution < 1.29 is 4.74 Å². The highest BCUT2D eigenvalue weighted by Gasteiger charge is 2.02. The van der Waals surface area contributed by atoms with Crippen molar-refractivity contribution in [2.24, 2.45) is 4.99 Å². The number of halogens is 1. The van der Waals surface area contributed by atoms with Gasteiger partial charge in [0.1, 0.15) is 12.4 Å². The van der Waals surface area contributed by atoms with Crippen LogP contribution in [0, 0.1) is 6.92 Å². The molecule has 0 fully saturated rings. The number of ether oxygens (including phenoxy) is 1. The van der Waals surface area contributed by atoms with E-state index < -0.39 is 0 Å². The van der Waals surface area contributed by atoms with Crippen molar-refractivity contribution in [2.45, 2.75) is 26.5 Å². The van der Waals surface area contributed by atoms with E-state index in [0.29, 0.717) is 13.2 Å². The fourth-order valence-electron chi connectivity index (χ4n) is 2.72. The molecule has 0 amide bonds. The quantitative estimate of drug-likeness (QED) is 0.259. The molecule has 0 saturated heterocycles. The van der Waals surface area contributed by atoms with Gasteiger partial charge in [0.15, 0.2) is 5.96 Å². The summed E-state index contributed by atoms with van der Waals surface area (Å²) < 4.78 is 5.83. The van der Waals surface area contributed by atoms with Crippen LogP contribution in [0.4, 0.5) is 0 Å². The summed E-state index contributed by atoms with van der Waals surface area (Å²) in [7, 11) is 1.78. The maximum atomic E-state index is 5.83. The Labute approximate surface area is 193 Å². The molecule has 0 bridgehead atoms. The lowest BCUT2D eigenvalue weighted by atomic mass is 10.1. The van der Waals surface area contributed by atoms with E-state index in [1.807, 2.05) is 36.5 Å². The lowest BCUT2D eigenvalue weighted by Gasteiger charge is -2.12. The average Bonchev–Trinajstić information content (AvgIpc) is 3.15. The van der Waals surface area contributed by atoms with E-state index in [4.69, 9.17) is 4.74 Å². The van der Waals surface area contributed by atoms with Gasteiger partial charge in [-0.3, -0.25) is 4.99 Å². The van der Waals surface area contributed by atoms with Gasteiger partial charge < -0.3 is 15.4 Å². The molecule has 0 aliphatic heterocycles. The van der Waals surface area contributed by atoms with Gasteiger partial charge >= 0.3 is 0 Å². The van der Waals surface area contributed by atoms with Crippen LogP contribution in [0.5, 0.6) is 5.75 Å². The van der Waals surface area contributed by atoms with Crippen LogP contribution < -0.4 is 15.4 Å². The van der Waals surface area contributed by atoms with Gasteiger partial charge in [0.05, 0.1) is 5.01 Å². The molecule has 0 aliphatic rings. The summed E-state index contributed by atoms with van der Waals surface area (Å²) in [5.41, 5.74) is 2.33. The molecular weight excluding hydrogens is 495 g/mol. The Balaban J connectivity index is 0.00000300. The summed E-state index contributed by atoms with van der Waals surface area (Å²) in [6.07, 6.45) is 2.81. The summed E-state index contributed by atoms with van der Waals surface area (Å²) in [5.74, 6) is 1.67. The Kier molecular flexibility index (Phi) is 9.93. The number of nitrogens with one attached hydrogen (secondary N) is 2. The first-order valence-electron chi connectivity index (χ1n) is 9.34. The van der Waals surface area contributed by atoms with Gasteiger partial charge in [-0.05, 0) is 30.2 Å². The van der Waals surface area contributed by atoms with Gasteiger partial charge in [-0.1, -0.05) is 42.5 Å². The van der Waals surface area contributed by atoms with E-state index in [0.717, 1.165) is 35.2 Å². The van der Waals surface area contributed by atoms with Crippen LogP contribution in [0.2, 0.25) is 0 Å². The van der Waals surface area contributed by atoms with Crippen LogP contribution >= 0.6 is 35.3 Å². The van der Waals surface area contributed by atoms with Gasteiger partial charge in [0, 0.05) is 37.6 Å². The number of aryl methyl sites for hydroxylation is 1. The zero-order valence-corrected chi connectivity index (χ0v) is 19.9. The van der Waals surface area contributed by atoms with Crippen LogP contribution in [0.15, 0.2) is 65.8 Å². The Morgan fingerprint density at radius 3 is 2.59 bits per heavy atom. The maximum absolute atomic E-state index is 5.83. The van der Waals surface area contributed by atoms with Crippen LogP contribution in [0.3, 0.4) is 0 Å². The van der Waals surface area contributed by atoms with E-state index >= 15 is 0 Å². The predicted molar refractivity (Wildman–Crippen MR) is 131 cm³/mol. The fraction of sp³-hybridized carbons (Fsp3) is 0.273. The van der Waals surface area contributed by atoms with Crippen molar-refractivity contribution in [3.63, 3.8) is 0 Å². The molecule has 1 heterocycles. The molecule has 0 atom stereocenters. The number of rotatable bonds is 8. The summed E-state index contributed by atoms with van der Waals surface area (Å²) in [4.78, 5) is 9.92. The van der Waals surface area contributed by atoms with Gasteiger partial charge in [-0.25, -0.2) is 4.98 Å². The Morgan fingerprint density at radius 2 is 1.86 bits per heavy atom. The van der Waals surface area contributed by atoms with Crippen molar-refractivity contribution in [2.75, 3.05) is 13.6 Å². The zero-order valence-electron chi connectivity index (χ0n) is 16.7. The van der Waals surface area contributed by atoms with E-state index in [9.17, 15) is 0 Å². The predicted octanol–water partition coefficient (Wildman–Crippen LogP) is 4.56. The molecule has 3 aromatic rings. The van der Waals surface area contributed by atoms with Crippen molar-refractivity contribution >= 4 is 41.3 Å². The topological polar surface area (TPSA) is 58.5 Å². The molecule has 2 N–H and O–H groups in total. The first kappa shape index (κ1) is 23.2. The zero-order chi connectivity index (χ0) is 19.6. The molecular formula is C22H27IN4OS. The highest BCUT2D eigenvalue weighted by atomic mass is 127. The molecule has 5 nitrogen and oxygen atoms in total. The number of guanidine groups is 1. The van der Waals surface area contributed by atoms with Crippen LogP contribution in [-0.2, 0) is 19.6 Å². The van der Waals surface area contributed by atoms with E-state index in [1.165, 1.54) is 10.4 Å². The lowest BCUT2D eigenvalue weighted by Crippen LogP contribution is -2.37. The second-order valence-corrected chi connectivity index (χ2v) is 7.71. The molecule has 3 rings (SSSR count). The van der Waals surface area contributed by atoms with Crippen molar-refractivity contribution in [1.82, 2.24) is 15.6 Å². The molecule has 1 aromatic heterocycles. The minimum Gasteiger partial charge on any atom is -0.489 e. The normalized spacial score (nSPS) is 10.9. The number of nitrogens with zero attached hydrogens (tertiary/aromatic N) is 2. The second-order valence-electron chi connectivity index (χ2n) is 6.39. The van der Waals surface area contributed by atoms with Crippen molar-refractivity contribution in [3.8, 4) is 5.75 Å². The third-order valence-electron chi connectivity index (χ3n) is 4.12. The third-order valence-corrected chi connectivity index (χ3v) is 5.10. The highest BCUT2D eigenvalue weighted by Crippen LogP contribution is 2.13. The largest absolute Gasteiger partial charge is 0.489 e. The molecule has 0 unspecified atom stereocenters. The summed E-state index contributed by atoms with van der Waals surface area (Å²) >= 11 is 1.74. The Bertz CT molecular complexity index is 899. The standard InChI is InChI=1S/C22H26N4OS.HI/c1-17-14-25-21(28-17)11-12-24-22(23-2)26-15-18-7-6-8-19(13-18)16-27-20-9-4-3-5-10-20;/h3-10,13-14H,11-12,15-16H2,1-2H3,(H2,23,24,26);1H. The number of aromatic nitrogens is 1. The molecule has 0 radical (unpaired) electrons. The monoisotopic (exact) mass is 522 g/mol. The third kappa shape index (κ3) is 8.02. The second kappa shape index (κ2) is 12.4. The highest BCUT2D eigenvalue weighted by molar-refractivity contribution is 14.0. The number of para-hydroxylation sites is 1. The summed E-state index contributed by atoms with van der Waals surface area (Å²) in [6, 6.07) is 18.3. The van der Waals surface area contributed by atoms with Crippen molar-refractivity contribution in [3.05, 3.63) is 81.8 Å². The van der Waals surface area contributed by atoms with Crippen LogP contribution in [0.25, 0.3) is 0 Å². The first-order valence-corrected chi connectivity index (χ1v) is 10.2. The molecule has 0 spiro atoms. The molecule has 7 heteroatoms. The number of hydrogen-bond donors (Lipinski definition) is 2. The van der Waals surface area contributed by atoms with Crippen LogP contribution in [-0.4, -0.2) is 24.5 Å². The van der Waals surface area contributed by atoms with Gasteiger partial charge in [0.25, 0.3) is 0 Å². The van der Waals surface area contributed by atoms with E-state index in [-0.39, 0.29) is 24.0 Å². The summed E-state index contributed by atoms with van der Waals surface area (Å²) in [6.45, 7) is 4.14. The average molecular weight is 522 g/mol. The first-order chi connectivity index (χ1) is 13.7. The number of thiazole rings is 1. The number of aliphatic imine (C=N–C) groups is 1. The number of hydrogen-bond acceptors (Lipinski definition) is 4. The van der Waals surface area contributed by atoms with Gasteiger partial charge in [-0.2, -0.15) is 0 Å². The van der Waals surface area contributed by atoms with E-state index in [1.54, 1.807) is 18.4 Å². The van der Waals surface area contributed by atoms with Gasteiger partial charge in [0.2, 0.25) is 0 Å². The number of benzene rings is 2. The Hall–Kier alpha value is -2.13. The molecule has 2 aromatic carbocycles. The maximum Gasteiger partial charge on any atom is 0.191 e. The smallest absolute Gasteiger partial charge is 0.191 e. The molecule has 0 aliphatic carbocycles. The van der Waals surface area contributed by atoms with Crippen LogP contribution in [0.1, 0.15) is 21.0 Å². The SMILES string of the molecule is CN=C(NCCc1ncc(C)s1)NCc1cccc(COc2ccccc2)c1.I. The molecule has 0 saturated carbocycles. The Morgan fingerprint density at radius 1 is 1.07 bits per heavy atom. The van der Waals surface area contributed by atoms with E-state index in [2.05, 4.69) is 51.8 Å². The molecule has 154 valence electrons. The van der Waals surface area contributed by atoms with Crippen molar-refractivity contribution in [1.29, 1.82) is 0 Å². The summed E-state index contributed by atoms with van der Waals surface area (Å²) in [5, 5.41) is 7.84. The molecule has 29 heavy (non-hydrogen) atoms. The van der Waals surface area contributed by atoms with Gasteiger partial charge in [-0.15, -0.1) is 35.3 Å². The minimum absolute atomic E-state index is 0. The lowest BCUT2D eigenvalue weighted by molar-refractivity contribution is 0.306. The minimum atomic E-state index is 0.